The molecule has 1 heterocycles. The van der Waals surface area contributed by atoms with Crippen molar-refractivity contribution < 1.29 is 4.79 Å². The summed E-state index contributed by atoms with van der Waals surface area (Å²) < 4.78 is 1.93. The van der Waals surface area contributed by atoms with E-state index in [1.807, 2.05) is 30.8 Å². The maximum atomic E-state index is 12.4. The highest BCUT2D eigenvalue weighted by molar-refractivity contribution is 7.99. The molecule has 1 aromatic carbocycles. The van der Waals surface area contributed by atoms with Gasteiger partial charge < -0.3 is 4.57 Å². The van der Waals surface area contributed by atoms with Gasteiger partial charge in [0, 0.05) is 25.0 Å². The monoisotopic (exact) mass is 288 g/mol. The summed E-state index contributed by atoms with van der Waals surface area (Å²) in [6.45, 7) is 8.28. The van der Waals surface area contributed by atoms with Crippen LogP contribution in [0, 0.1) is 27.7 Å². The van der Waals surface area contributed by atoms with Crippen molar-refractivity contribution in [2.24, 2.45) is 7.05 Å². The summed E-state index contributed by atoms with van der Waals surface area (Å²) in [7, 11) is 1.94. The molecule has 0 atom stereocenters. The zero-order chi connectivity index (χ0) is 14.9. The summed E-state index contributed by atoms with van der Waals surface area (Å²) in [6, 6.07) is 2.01. The predicted octanol–water partition coefficient (Wildman–Crippen LogP) is 3.63. The highest BCUT2D eigenvalue weighted by Gasteiger charge is 2.14. The van der Waals surface area contributed by atoms with Crippen molar-refractivity contribution in [2.45, 2.75) is 32.9 Å². The quantitative estimate of drug-likeness (QED) is 0.636. The summed E-state index contributed by atoms with van der Waals surface area (Å²) in [4.78, 5) is 16.7. The first-order chi connectivity index (χ1) is 9.41. The minimum Gasteiger partial charge on any atom is -0.329 e. The van der Waals surface area contributed by atoms with Crippen LogP contribution in [0.4, 0.5) is 0 Å². The maximum Gasteiger partial charge on any atom is 0.173 e. The largest absolute Gasteiger partial charge is 0.329 e. The van der Waals surface area contributed by atoms with Gasteiger partial charge in [-0.15, -0.1) is 0 Å². The molecule has 3 nitrogen and oxygen atoms in total. The molecule has 0 N–H and O–H groups in total. The number of Topliss-reactive ketones (excluding diaryl/α,β-unsaturated/α-hetero) is 1. The summed E-state index contributed by atoms with van der Waals surface area (Å²) in [5.74, 6) is 0.592. The summed E-state index contributed by atoms with van der Waals surface area (Å²) in [5, 5.41) is 0.872. The number of ketones is 1. The van der Waals surface area contributed by atoms with Gasteiger partial charge in [0.2, 0.25) is 0 Å². The lowest BCUT2D eigenvalue weighted by atomic mass is 9.93. The first kappa shape index (κ1) is 14.9. The van der Waals surface area contributed by atoms with E-state index in [0.29, 0.717) is 5.75 Å². The van der Waals surface area contributed by atoms with Crippen molar-refractivity contribution in [1.29, 1.82) is 0 Å². The second kappa shape index (κ2) is 5.83. The zero-order valence-electron chi connectivity index (χ0n) is 12.7. The van der Waals surface area contributed by atoms with E-state index in [1.54, 1.807) is 6.20 Å². The van der Waals surface area contributed by atoms with Crippen molar-refractivity contribution in [3.05, 3.63) is 46.3 Å². The third-order valence-corrected chi connectivity index (χ3v) is 4.95. The second-order valence-corrected chi connectivity index (χ2v) is 6.09. The number of hydrogen-bond acceptors (Lipinski definition) is 3. The van der Waals surface area contributed by atoms with Gasteiger partial charge >= 0.3 is 0 Å². The molecule has 20 heavy (non-hydrogen) atoms. The number of carbonyl (C=O) groups excluding carboxylic acids is 1. The third kappa shape index (κ3) is 2.80. The van der Waals surface area contributed by atoms with E-state index in [4.69, 9.17) is 0 Å². The Hall–Kier alpha value is -1.55. The maximum absolute atomic E-state index is 12.4. The smallest absolute Gasteiger partial charge is 0.173 e. The molecule has 1 aromatic heterocycles. The summed E-state index contributed by atoms with van der Waals surface area (Å²) in [6.07, 6.45) is 3.64. The molecule has 0 fully saturated rings. The Morgan fingerprint density at radius 3 is 2.50 bits per heavy atom. The van der Waals surface area contributed by atoms with Crippen LogP contribution in [0.15, 0.2) is 23.6 Å². The molecule has 0 saturated heterocycles. The normalized spacial score (nSPS) is 10.8. The van der Waals surface area contributed by atoms with Crippen molar-refractivity contribution in [3.63, 3.8) is 0 Å². The standard InChI is InChI=1S/C16H20N2OS/c1-10-8-14(13(4)12(3)11(10)2)15(19)9-20-16-17-6-7-18(16)5/h6-8H,9H2,1-5H3. The molecule has 0 aliphatic rings. The van der Waals surface area contributed by atoms with Gasteiger partial charge in [-0.3, -0.25) is 4.79 Å². The second-order valence-electron chi connectivity index (χ2n) is 5.15. The van der Waals surface area contributed by atoms with Crippen molar-refractivity contribution >= 4 is 17.5 Å². The summed E-state index contributed by atoms with van der Waals surface area (Å²) in [5.41, 5.74) is 5.61. The van der Waals surface area contributed by atoms with Crippen LogP contribution in [0.2, 0.25) is 0 Å². The molecular weight excluding hydrogens is 268 g/mol. The minimum absolute atomic E-state index is 0.168. The van der Waals surface area contributed by atoms with Crippen LogP contribution in [0.25, 0.3) is 0 Å². The lowest BCUT2D eigenvalue weighted by Crippen LogP contribution is -2.08. The van der Waals surface area contributed by atoms with E-state index < -0.39 is 0 Å². The van der Waals surface area contributed by atoms with Gasteiger partial charge in [0.05, 0.1) is 5.75 Å². The Bertz CT molecular complexity index is 659. The average Bonchev–Trinajstić information content (AvgIpc) is 2.83. The first-order valence-corrected chi connectivity index (χ1v) is 7.61. The van der Waals surface area contributed by atoms with Crippen molar-refractivity contribution in [1.82, 2.24) is 9.55 Å². The number of nitrogens with zero attached hydrogens (tertiary/aromatic N) is 2. The van der Waals surface area contributed by atoms with E-state index in [2.05, 4.69) is 25.8 Å². The predicted molar refractivity (Wildman–Crippen MR) is 83.7 cm³/mol. The molecular formula is C16H20N2OS. The Labute approximate surface area is 124 Å². The van der Waals surface area contributed by atoms with Gasteiger partial charge in [-0.25, -0.2) is 4.98 Å². The Morgan fingerprint density at radius 2 is 1.90 bits per heavy atom. The number of aryl methyl sites for hydroxylation is 2. The van der Waals surface area contributed by atoms with Gasteiger partial charge in [-0.1, -0.05) is 11.8 Å². The van der Waals surface area contributed by atoms with Crippen LogP contribution in [0.3, 0.4) is 0 Å². The van der Waals surface area contributed by atoms with E-state index in [0.717, 1.165) is 16.3 Å². The number of benzene rings is 1. The van der Waals surface area contributed by atoms with E-state index in [9.17, 15) is 4.79 Å². The average molecular weight is 288 g/mol. The van der Waals surface area contributed by atoms with Crippen LogP contribution < -0.4 is 0 Å². The van der Waals surface area contributed by atoms with Gasteiger partial charge in [-0.2, -0.15) is 0 Å². The fourth-order valence-corrected chi connectivity index (χ4v) is 3.02. The molecule has 4 heteroatoms. The lowest BCUT2D eigenvalue weighted by Gasteiger charge is -2.13. The van der Waals surface area contributed by atoms with Crippen LogP contribution in [0.5, 0.6) is 0 Å². The first-order valence-electron chi connectivity index (χ1n) is 6.62. The van der Waals surface area contributed by atoms with E-state index in [-0.39, 0.29) is 5.78 Å². The molecule has 0 saturated carbocycles. The highest BCUT2D eigenvalue weighted by Crippen LogP contribution is 2.24. The number of hydrogen-bond donors (Lipinski definition) is 0. The Morgan fingerprint density at radius 1 is 1.20 bits per heavy atom. The fraction of sp³-hybridized carbons (Fsp3) is 0.375. The molecule has 0 aliphatic carbocycles. The van der Waals surface area contributed by atoms with Gasteiger partial charge in [0.1, 0.15) is 0 Å². The molecule has 0 spiro atoms. The van der Waals surface area contributed by atoms with E-state index >= 15 is 0 Å². The lowest BCUT2D eigenvalue weighted by molar-refractivity contribution is 0.102. The molecule has 0 aliphatic heterocycles. The molecule has 106 valence electrons. The molecule has 2 aromatic rings. The van der Waals surface area contributed by atoms with Crippen LogP contribution >= 0.6 is 11.8 Å². The van der Waals surface area contributed by atoms with Crippen molar-refractivity contribution in [2.75, 3.05) is 5.75 Å². The van der Waals surface area contributed by atoms with Crippen LogP contribution in [-0.2, 0) is 7.05 Å². The van der Waals surface area contributed by atoms with E-state index in [1.165, 1.54) is 28.5 Å². The van der Waals surface area contributed by atoms with Crippen LogP contribution in [-0.4, -0.2) is 21.1 Å². The third-order valence-electron chi connectivity index (χ3n) is 3.89. The number of imidazole rings is 1. The van der Waals surface area contributed by atoms with Gasteiger partial charge in [0.25, 0.3) is 0 Å². The number of rotatable bonds is 4. The zero-order valence-corrected chi connectivity index (χ0v) is 13.5. The minimum atomic E-state index is 0.168. The Balaban J connectivity index is 2.20. The number of aromatic nitrogens is 2. The topological polar surface area (TPSA) is 34.9 Å². The number of thioether (sulfide) groups is 1. The van der Waals surface area contributed by atoms with Gasteiger partial charge in [0.15, 0.2) is 10.9 Å². The molecule has 0 bridgehead atoms. The molecule has 0 radical (unpaired) electrons. The molecule has 0 unspecified atom stereocenters. The molecule has 2 rings (SSSR count). The Kier molecular flexibility index (Phi) is 4.33. The van der Waals surface area contributed by atoms with Crippen molar-refractivity contribution in [3.8, 4) is 0 Å². The van der Waals surface area contributed by atoms with Gasteiger partial charge in [-0.05, 0) is 56.0 Å². The number of carbonyl (C=O) groups is 1. The SMILES string of the molecule is Cc1cc(C(=O)CSc2nccn2C)c(C)c(C)c1C. The summed E-state index contributed by atoms with van der Waals surface area (Å²) >= 11 is 1.48. The fourth-order valence-electron chi connectivity index (χ4n) is 2.20. The molecule has 0 amide bonds. The van der Waals surface area contributed by atoms with Crippen LogP contribution in [0.1, 0.15) is 32.6 Å². The highest BCUT2D eigenvalue weighted by atomic mass is 32.2.